The summed E-state index contributed by atoms with van der Waals surface area (Å²) in [6.07, 6.45) is 7.32. The minimum Gasteiger partial charge on any atom is -0.457 e. The third kappa shape index (κ3) is 3.65. The molecule has 1 saturated heterocycles. The first kappa shape index (κ1) is 18.2. The van der Waals surface area contributed by atoms with Gasteiger partial charge in [0.2, 0.25) is 0 Å². The van der Waals surface area contributed by atoms with Crippen molar-refractivity contribution in [2.24, 2.45) is 11.3 Å². The zero-order valence-electron chi connectivity index (χ0n) is 15.7. The second kappa shape index (κ2) is 7.12. The Labute approximate surface area is 164 Å². The number of hydrogen-bond donors (Lipinski definition) is 0. The lowest BCUT2D eigenvalue weighted by atomic mass is 9.87. The van der Waals surface area contributed by atoms with Crippen LogP contribution in [0.3, 0.4) is 0 Å². The molecule has 1 aromatic carbocycles. The van der Waals surface area contributed by atoms with Gasteiger partial charge in [0.05, 0.1) is 12.1 Å². The molecule has 0 N–H and O–H groups in total. The first-order valence-electron chi connectivity index (χ1n) is 9.44. The van der Waals surface area contributed by atoms with Crippen LogP contribution in [-0.4, -0.2) is 29.0 Å². The fraction of sp³-hybridized carbons (Fsp3) is 0.476. The van der Waals surface area contributed by atoms with Crippen LogP contribution in [0.5, 0.6) is 0 Å². The van der Waals surface area contributed by atoms with Crippen molar-refractivity contribution in [3.63, 3.8) is 0 Å². The van der Waals surface area contributed by atoms with Gasteiger partial charge in [-0.05, 0) is 42.5 Å². The predicted molar refractivity (Wildman–Crippen MR) is 105 cm³/mol. The molecular formula is C21H24ClN3O2. The van der Waals surface area contributed by atoms with Crippen LogP contribution in [0.15, 0.2) is 36.8 Å². The average Bonchev–Trinajstić information content (AvgIpc) is 2.92. The normalized spacial score (nSPS) is 21.7. The molecule has 4 rings (SSSR count). The molecule has 2 aromatic rings. The molecule has 1 aliphatic carbocycles. The highest BCUT2D eigenvalue weighted by Crippen LogP contribution is 2.48. The lowest BCUT2D eigenvalue weighted by Gasteiger charge is -2.33. The number of hydrogen-bond acceptors (Lipinski definition) is 5. The van der Waals surface area contributed by atoms with Crippen LogP contribution < -0.4 is 4.90 Å². The van der Waals surface area contributed by atoms with Crippen molar-refractivity contribution >= 4 is 23.4 Å². The third-order valence-electron chi connectivity index (χ3n) is 5.68. The number of aromatic nitrogens is 2. The van der Waals surface area contributed by atoms with Crippen LogP contribution in [0.2, 0.25) is 5.02 Å². The molecular weight excluding hydrogens is 362 g/mol. The first-order chi connectivity index (χ1) is 12.9. The Kier molecular flexibility index (Phi) is 4.81. The van der Waals surface area contributed by atoms with Crippen molar-refractivity contribution in [1.82, 2.24) is 9.97 Å². The Morgan fingerprint density at radius 3 is 2.74 bits per heavy atom. The summed E-state index contributed by atoms with van der Waals surface area (Å²) in [6.45, 7) is 5.87. The van der Waals surface area contributed by atoms with Gasteiger partial charge < -0.3 is 9.64 Å². The van der Waals surface area contributed by atoms with Gasteiger partial charge in [0.25, 0.3) is 0 Å². The van der Waals surface area contributed by atoms with Gasteiger partial charge in [0, 0.05) is 35.9 Å². The van der Waals surface area contributed by atoms with Gasteiger partial charge >= 0.3 is 5.97 Å². The molecule has 1 aromatic heterocycles. The molecule has 2 aliphatic rings. The highest BCUT2D eigenvalue weighted by atomic mass is 35.5. The number of carbonyl (C=O) groups is 1. The van der Waals surface area contributed by atoms with Crippen molar-refractivity contribution in [2.45, 2.75) is 39.2 Å². The highest BCUT2D eigenvalue weighted by Gasteiger charge is 2.43. The van der Waals surface area contributed by atoms with E-state index in [0.717, 1.165) is 43.7 Å². The van der Waals surface area contributed by atoms with Gasteiger partial charge in [-0.1, -0.05) is 31.5 Å². The van der Waals surface area contributed by atoms with E-state index >= 15 is 0 Å². The maximum atomic E-state index is 12.9. The zero-order valence-corrected chi connectivity index (χ0v) is 16.4. The largest absolute Gasteiger partial charge is 0.457 e. The van der Waals surface area contributed by atoms with Crippen LogP contribution in [0.25, 0.3) is 0 Å². The van der Waals surface area contributed by atoms with Gasteiger partial charge in [0.15, 0.2) is 0 Å². The lowest BCUT2D eigenvalue weighted by Crippen LogP contribution is -2.38. The second-order valence-corrected chi connectivity index (χ2v) is 8.59. The van der Waals surface area contributed by atoms with Crippen LogP contribution in [0.4, 0.5) is 5.82 Å². The first-order valence-corrected chi connectivity index (χ1v) is 9.81. The summed E-state index contributed by atoms with van der Waals surface area (Å²) in [5.74, 6) is 0.696. The maximum Gasteiger partial charge on any atom is 0.309 e. The van der Waals surface area contributed by atoms with E-state index in [1.54, 1.807) is 18.6 Å². The predicted octanol–water partition coefficient (Wildman–Crippen LogP) is 4.21. The highest BCUT2D eigenvalue weighted by molar-refractivity contribution is 6.30. The topological polar surface area (TPSA) is 55.3 Å². The summed E-state index contributed by atoms with van der Waals surface area (Å²) in [5.41, 5.74) is 2.15. The summed E-state index contributed by atoms with van der Waals surface area (Å²) in [4.78, 5) is 23.5. The summed E-state index contributed by atoms with van der Waals surface area (Å²) >= 11 is 6.18. The number of anilines is 1. The van der Waals surface area contributed by atoms with E-state index in [1.807, 2.05) is 18.2 Å². The van der Waals surface area contributed by atoms with Crippen molar-refractivity contribution in [3.05, 3.63) is 52.9 Å². The molecule has 27 heavy (non-hydrogen) atoms. The smallest absolute Gasteiger partial charge is 0.309 e. The number of carbonyl (C=O) groups excluding carboxylic acids is 1. The Morgan fingerprint density at radius 1 is 1.26 bits per heavy atom. The summed E-state index contributed by atoms with van der Waals surface area (Å²) < 4.78 is 6.04. The average molecular weight is 386 g/mol. The molecule has 0 radical (unpaired) electrons. The fourth-order valence-electron chi connectivity index (χ4n) is 4.21. The van der Waals surface area contributed by atoms with Crippen molar-refractivity contribution in [1.29, 1.82) is 0 Å². The van der Waals surface area contributed by atoms with Crippen LogP contribution in [-0.2, 0) is 16.0 Å². The fourth-order valence-corrected chi connectivity index (χ4v) is 4.39. The molecule has 5 nitrogen and oxygen atoms in total. The van der Waals surface area contributed by atoms with E-state index in [1.165, 1.54) is 5.56 Å². The standard InChI is InChI=1S/C21H24ClN3O2/c1-21(2)12-15-3-4-16(22)11-17(15)19(21)27-20(26)14-5-9-25(10-6-14)18-13-23-7-8-24-18/h3-4,7-8,11,13-14,19H,5-6,9-10,12H2,1-2H3/t19-/m1/s1. The molecule has 1 fully saturated rings. The molecule has 0 amide bonds. The number of halogens is 1. The third-order valence-corrected chi connectivity index (χ3v) is 5.92. The van der Waals surface area contributed by atoms with Crippen LogP contribution in [0.1, 0.15) is 43.9 Å². The van der Waals surface area contributed by atoms with E-state index in [-0.39, 0.29) is 23.4 Å². The lowest BCUT2D eigenvalue weighted by molar-refractivity contribution is -0.160. The van der Waals surface area contributed by atoms with E-state index in [9.17, 15) is 4.79 Å². The number of rotatable bonds is 3. The van der Waals surface area contributed by atoms with E-state index in [0.29, 0.717) is 5.02 Å². The number of piperidine rings is 1. The number of esters is 1. The Bertz CT molecular complexity index is 833. The van der Waals surface area contributed by atoms with E-state index in [2.05, 4.69) is 28.7 Å². The molecule has 2 heterocycles. The van der Waals surface area contributed by atoms with Crippen molar-refractivity contribution in [2.75, 3.05) is 18.0 Å². The number of benzene rings is 1. The summed E-state index contributed by atoms with van der Waals surface area (Å²) in [6, 6.07) is 5.90. The summed E-state index contributed by atoms with van der Waals surface area (Å²) in [7, 11) is 0. The SMILES string of the molecule is CC1(C)Cc2ccc(Cl)cc2[C@H]1OC(=O)C1CCN(c2cnccn2)CC1. The van der Waals surface area contributed by atoms with E-state index in [4.69, 9.17) is 16.3 Å². The molecule has 1 aliphatic heterocycles. The van der Waals surface area contributed by atoms with Crippen LogP contribution >= 0.6 is 11.6 Å². The molecule has 0 bridgehead atoms. The van der Waals surface area contributed by atoms with Gasteiger partial charge in [-0.3, -0.25) is 9.78 Å². The number of fused-ring (bicyclic) bond motifs is 1. The minimum absolute atomic E-state index is 0.0723. The molecule has 6 heteroatoms. The number of ether oxygens (including phenoxy) is 1. The molecule has 0 unspecified atom stereocenters. The quantitative estimate of drug-likeness (QED) is 0.740. The maximum absolute atomic E-state index is 12.9. The molecule has 0 saturated carbocycles. The van der Waals surface area contributed by atoms with E-state index < -0.39 is 0 Å². The van der Waals surface area contributed by atoms with Crippen LogP contribution in [0, 0.1) is 11.3 Å². The Balaban J connectivity index is 1.42. The number of nitrogens with zero attached hydrogens (tertiary/aromatic N) is 3. The second-order valence-electron chi connectivity index (χ2n) is 8.15. The van der Waals surface area contributed by atoms with Gasteiger partial charge in [0.1, 0.15) is 11.9 Å². The Morgan fingerprint density at radius 2 is 2.04 bits per heavy atom. The molecule has 1 atom stereocenters. The molecule has 0 spiro atoms. The molecule has 142 valence electrons. The monoisotopic (exact) mass is 385 g/mol. The van der Waals surface area contributed by atoms with Gasteiger partial charge in [-0.15, -0.1) is 0 Å². The zero-order chi connectivity index (χ0) is 19.0. The summed E-state index contributed by atoms with van der Waals surface area (Å²) in [5, 5.41) is 0.685. The Hall–Kier alpha value is -2.14. The van der Waals surface area contributed by atoms with Crippen molar-refractivity contribution in [3.8, 4) is 0 Å². The van der Waals surface area contributed by atoms with Crippen molar-refractivity contribution < 1.29 is 9.53 Å². The van der Waals surface area contributed by atoms with Gasteiger partial charge in [-0.2, -0.15) is 0 Å². The van der Waals surface area contributed by atoms with Gasteiger partial charge in [-0.25, -0.2) is 4.98 Å². The minimum atomic E-state index is -0.239.